The SMILES string of the molecule is CN=C(NCCCn1cc(C)cn1)NCCc1ccc(NC(=O)OC(C)(C)C)cc1.I. The Kier molecular flexibility index (Phi) is 11.4. The van der Waals surface area contributed by atoms with Crippen molar-refractivity contribution in [1.29, 1.82) is 0 Å². The number of aromatic nitrogens is 2. The first-order chi connectivity index (χ1) is 14.2. The van der Waals surface area contributed by atoms with E-state index in [1.165, 1.54) is 11.1 Å². The number of ether oxygens (including phenoxy) is 1. The largest absolute Gasteiger partial charge is 0.444 e. The third kappa shape index (κ3) is 11.0. The molecule has 172 valence electrons. The van der Waals surface area contributed by atoms with Crippen molar-refractivity contribution in [2.24, 2.45) is 4.99 Å². The van der Waals surface area contributed by atoms with Crippen LogP contribution < -0.4 is 16.0 Å². The fourth-order valence-corrected chi connectivity index (χ4v) is 2.76. The maximum atomic E-state index is 11.8. The van der Waals surface area contributed by atoms with E-state index in [1.54, 1.807) is 7.05 Å². The average Bonchev–Trinajstić information content (AvgIpc) is 3.08. The molecule has 1 heterocycles. The quantitative estimate of drug-likeness (QED) is 0.203. The van der Waals surface area contributed by atoms with E-state index in [9.17, 15) is 4.79 Å². The zero-order chi connectivity index (χ0) is 22.0. The minimum absolute atomic E-state index is 0. The number of guanidine groups is 1. The molecule has 0 aliphatic heterocycles. The topological polar surface area (TPSA) is 92.6 Å². The van der Waals surface area contributed by atoms with Gasteiger partial charge in [0.25, 0.3) is 0 Å². The highest BCUT2D eigenvalue weighted by Crippen LogP contribution is 2.13. The van der Waals surface area contributed by atoms with Crippen molar-refractivity contribution in [1.82, 2.24) is 20.4 Å². The van der Waals surface area contributed by atoms with Gasteiger partial charge in [0.05, 0.1) is 6.20 Å². The molecule has 1 amide bonds. The van der Waals surface area contributed by atoms with Gasteiger partial charge in [-0.05, 0) is 63.8 Å². The van der Waals surface area contributed by atoms with Crippen molar-refractivity contribution in [3.63, 3.8) is 0 Å². The van der Waals surface area contributed by atoms with E-state index < -0.39 is 11.7 Å². The Morgan fingerprint density at radius 1 is 1.16 bits per heavy atom. The highest BCUT2D eigenvalue weighted by Gasteiger charge is 2.16. The zero-order valence-corrected chi connectivity index (χ0v) is 21.4. The number of hydrogen-bond donors (Lipinski definition) is 3. The van der Waals surface area contributed by atoms with Gasteiger partial charge >= 0.3 is 6.09 Å². The predicted octanol–water partition coefficient (Wildman–Crippen LogP) is 3.95. The minimum Gasteiger partial charge on any atom is -0.444 e. The number of benzene rings is 1. The number of carbonyl (C=O) groups is 1. The van der Waals surface area contributed by atoms with Gasteiger partial charge in [0, 0.05) is 38.6 Å². The van der Waals surface area contributed by atoms with Gasteiger partial charge in [-0.2, -0.15) is 5.10 Å². The van der Waals surface area contributed by atoms with E-state index in [-0.39, 0.29) is 24.0 Å². The second-order valence-electron chi connectivity index (χ2n) is 8.13. The molecule has 0 bridgehead atoms. The molecule has 31 heavy (non-hydrogen) atoms. The summed E-state index contributed by atoms with van der Waals surface area (Å²) < 4.78 is 7.21. The smallest absolute Gasteiger partial charge is 0.412 e. The normalized spacial score (nSPS) is 11.5. The Morgan fingerprint density at radius 2 is 1.84 bits per heavy atom. The molecule has 0 spiro atoms. The lowest BCUT2D eigenvalue weighted by molar-refractivity contribution is 0.0636. The molecular weight excluding hydrogens is 507 g/mol. The molecule has 9 heteroatoms. The minimum atomic E-state index is -0.513. The second kappa shape index (κ2) is 13.2. The standard InChI is InChI=1S/C22H34N6O2.HI/c1-17-15-26-28(16-17)14-6-12-24-20(23-5)25-13-11-18-7-9-19(10-8-18)27-21(29)30-22(2,3)4;/h7-10,15-16H,6,11-14H2,1-5H3,(H,27,29)(H2,23,24,25);1H. The summed E-state index contributed by atoms with van der Waals surface area (Å²) in [6.07, 6.45) is 5.28. The molecular formula is C22H35IN6O2. The molecule has 0 aliphatic carbocycles. The van der Waals surface area contributed by atoms with E-state index in [2.05, 4.69) is 26.0 Å². The van der Waals surface area contributed by atoms with Crippen LogP contribution in [0, 0.1) is 6.92 Å². The van der Waals surface area contributed by atoms with Crippen LogP contribution in [0.5, 0.6) is 0 Å². The zero-order valence-electron chi connectivity index (χ0n) is 19.1. The summed E-state index contributed by atoms with van der Waals surface area (Å²) in [5.41, 5.74) is 2.54. The maximum absolute atomic E-state index is 11.8. The molecule has 1 aromatic carbocycles. The van der Waals surface area contributed by atoms with Crippen LogP contribution >= 0.6 is 24.0 Å². The first kappa shape index (κ1) is 26.7. The van der Waals surface area contributed by atoms with Crippen LogP contribution in [0.3, 0.4) is 0 Å². The van der Waals surface area contributed by atoms with E-state index in [0.717, 1.165) is 38.4 Å². The lowest BCUT2D eigenvalue weighted by atomic mass is 10.1. The Morgan fingerprint density at radius 3 is 2.42 bits per heavy atom. The number of halogens is 1. The number of carbonyl (C=O) groups excluding carboxylic acids is 1. The van der Waals surface area contributed by atoms with Crippen molar-refractivity contribution in [3.05, 3.63) is 47.8 Å². The molecule has 1 aromatic heterocycles. The van der Waals surface area contributed by atoms with Crippen molar-refractivity contribution in [2.45, 2.75) is 52.7 Å². The molecule has 2 rings (SSSR count). The van der Waals surface area contributed by atoms with E-state index in [1.807, 2.05) is 69.0 Å². The summed E-state index contributed by atoms with van der Waals surface area (Å²) in [5.74, 6) is 0.787. The number of rotatable bonds is 8. The molecule has 0 saturated carbocycles. The Hall–Kier alpha value is -2.30. The molecule has 8 nitrogen and oxygen atoms in total. The van der Waals surface area contributed by atoms with Crippen LogP contribution in [0.2, 0.25) is 0 Å². The van der Waals surface area contributed by atoms with Crippen molar-refractivity contribution in [2.75, 3.05) is 25.5 Å². The van der Waals surface area contributed by atoms with Crippen LogP contribution in [0.4, 0.5) is 10.5 Å². The number of amides is 1. The van der Waals surface area contributed by atoms with Crippen LogP contribution in [0.25, 0.3) is 0 Å². The molecule has 3 N–H and O–H groups in total. The van der Waals surface area contributed by atoms with Gasteiger partial charge in [0.1, 0.15) is 5.60 Å². The molecule has 2 aromatic rings. The summed E-state index contributed by atoms with van der Waals surface area (Å²) in [7, 11) is 1.77. The first-order valence-electron chi connectivity index (χ1n) is 10.3. The molecule has 0 saturated heterocycles. The third-order valence-corrected chi connectivity index (χ3v) is 4.15. The summed E-state index contributed by atoms with van der Waals surface area (Å²) in [6.45, 7) is 10.0. The third-order valence-electron chi connectivity index (χ3n) is 4.15. The maximum Gasteiger partial charge on any atom is 0.412 e. The molecule has 0 radical (unpaired) electrons. The number of nitrogens with zero attached hydrogens (tertiary/aromatic N) is 3. The lowest BCUT2D eigenvalue weighted by Crippen LogP contribution is -2.39. The van der Waals surface area contributed by atoms with Crippen LogP contribution in [0.15, 0.2) is 41.7 Å². The highest BCUT2D eigenvalue weighted by atomic mass is 127. The van der Waals surface area contributed by atoms with E-state index >= 15 is 0 Å². The van der Waals surface area contributed by atoms with Gasteiger partial charge in [0.15, 0.2) is 5.96 Å². The molecule has 0 unspecified atom stereocenters. The number of aliphatic imine (C=N–C) groups is 1. The Bertz CT molecular complexity index is 827. The fraction of sp³-hybridized carbons (Fsp3) is 0.500. The average molecular weight is 542 g/mol. The molecule has 0 fully saturated rings. The summed E-state index contributed by atoms with van der Waals surface area (Å²) in [6, 6.07) is 7.75. The first-order valence-corrected chi connectivity index (χ1v) is 10.3. The molecule has 0 aliphatic rings. The second-order valence-corrected chi connectivity index (χ2v) is 8.13. The lowest BCUT2D eigenvalue weighted by Gasteiger charge is -2.19. The molecule has 0 atom stereocenters. The van der Waals surface area contributed by atoms with E-state index in [0.29, 0.717) is 5.69 Å². The number of hydrogen-bond acceptors (Lipinski definition) is 4. The highest BCUT2D eigenvalue weighted by molar-refractivity contribution is 14.0. The van der Waals surface area contributed by atoms with Crippen LogP contribution in [0.1, 0.15) is 38.3 Å². The van der Waals surface area contributed by atoms with Crippen LogP contribution in [-0.2, 0) is 17.7 Å². The van der Waals surface area contributed by atoms with Gasteiger partial charge in [0.2, 0.25) is 0 Å². The number of aryl methyl sites for hydroxylation is 2. The predicted molar refractivity (Wildman–Crippen MR) is 136 cm³/mol. The van der Waals surface area contributed by atoms with Crippen molar-refractivity contribution < 1.29 is 9.53 Å². The van der Waals surface area contributed by atoms with Gasteiger partial charge in [-0.3, -0.25) is 15.0 Å². The van der Waals surface area contributed by atoms with Gasteiger partial charge in [-0.15, -0.1) is 24.0 Å². The van der Waals surface area contributed by atoms with Crippen LogP contribution in [-0.4, -0.2) is 47.6 Å². The van der Waals surface area contributed by atoms with Crippen molar-refractivity contribution in [3.8, 4) is 0 Å². The summed E-state index contributed by atoms with van der Waals surface area (Å²) >= 11 is 0. The van der Waals surface area contributed by atoms with Gasteiger partial charge in [-0.25, -0.2) is 4.79 Å². The van der Waals surface area contributed by atoms with Gasteiger partial charge in [-0.1, -0.05) is 12.1 Å². The summed E-state index contributed by atoms with van der Waals surface area (Å²) in [4.78, 5) is 16.1. The number of nitrogens with one attached hydrogen (secondary N) is 3. The van der Waals surface area contributed by atoms with E-state index in [4.69, 9.17) is 4.74 Å². The summed E-state index contributed by atoms with van der Waals surface area (Å²) in [5, 5.41) is 13.7. The van der Waals surface area contributed by atoms with Gasteiger partial charge < -0.3 is 15.4 Å². The fourth-order valence-electron chi connectivity index (χ4n) is 2.76. The Labute approximate surface area is 202 Å². The van der Waals surface area contributed by atoms with Crippen molar-refractivity contribution >= 4 is 41.7 Å². The monoisotopic (exact) mass is 542 g/mol. The number of anilines is 1. The Balaban J connectivity index is 0.00000480.